The van der Waals surface area contributed by atoms with E-state index in [9.17, 15) is 4.79 Å². The van der Waals surface area contributed by atoms with Gasteiger partial charge in [0, 0.05) is 36.6 Å². The third kappa shape index (κ3) is 4.96. The van der Waals surface area contributed by atoms with Gasteiger partial charge < -0.3 is 10.1 Å². The van der Waals surface area contributed by atoms with Crippen molar-refractivity contribution in [2.45, 2.75) is 52.1 Å². The Balaban J connectivity index is 1.33. The Morgan fingerprint density at radius 1 is 1.18 bits per heavy atom. The number of benzene rings is 2. The molecule has 0 spiro atoms. The van der Waals surface area contributed by atoms with Crippen molar-refractivity contribution in [1.29, 1.82) is 0 Å². The van der Waals surface area contributed by atoms with Gasteiger partial charge in [-0.3, -0.25) is 9.69 Å². The summed E-state index contributed by atoms with van der Waals surface area (Å²) in [6.45, 7) is 8.38. The van der Waals surface area contributed by atoms with Gasteiger partial charge in [0.05, 0.1) is 12.8 Å². The number of nitrogens with one attached hydrogen (secondary N) is 1. The first-order valence-electron chi connectivity index (χ1n) is 11.8. The Labute approximate surface area is 196 Å². The monoisotopic (exact) mass is 446 g/mol. The molecule has 0 radical (unpaired) electrons. The molecule has 2 unspecified atom stereocenters. The van der Waals surface area contributed by atoms with Crippen molar-refractivity contribution in [1.82, 2.24) is 20.0 Å². The zero-order valence-corrected chi connectivity index (χ0v) is 20.0. The standard InChI is InChI=1S/C27H34N4O2/c1-19-20(2)26(33-4)13-12-25(19)21(3)30-17-5-7-23(30)14-16-28-27(32)22-8-10-24(11-9-22)31-18-6-15-29-31/h6,8-13,15,18,21,23H,5,7,14,16-17H2,1-4H3,(H,28,32). The second kappa shape index (κ2) is 10.2. The van der Waals surface area contributed by atoms with Crippen molar-refractivity contribution < 1.29 is 9.53 Å². The first-order valence-corrected chi connectivity index (χ1v) is 11.8. The van der Waals surface area contributed by atoms with Crippen LogP contribution < -0.4 is 10.1 Å². The van der Waals surface area contributed by atoms with Crippen molar-refractivity contribution in [3.8, 4) is 11.4 Å². The summed E-state index contributed by atoms with van der Waals surface area (Å²) in [4.78, 5) is 15.2. The zero-order chi connectivity index (χ0) is 23.4. The van der Waals surface area contributed by atoms with Crippen LogP contribution in [-0.4, -0.2) is 46.8 Å². The highest BCUT2D eigenvalue weighted by molar-refractivity contribution is 5.94. The molecule has 1 amide bonds. The predicted octanol–water partition coefficient (Wildman–Crippen LogP) is 4.84. The minimum absolute atomic E-state index is 0.0266. The van der Waals surface area contributed by atoms with E-state index in [0.717, 1.165) is 24.4 Å². The van der Waals surface area contributed by atoms with Gasteiger partial charge in [-0.15, -0.1) is 0 Å². The summed E-state index contributed by atoms with van der Waals surface area (Å²) < 4.78 is 7.27. The number of likely N-dealkylation sites (tertiary alicyclic amines) is 1. The van der Waals surface area contributed by atoms with Crippen LogP contribution >= 0.6 is 0 Å². The molecular weight excluding hydrogens is 412 g/mol. The van der Waals surface area contributed by atoms with Crippen molar-refractivity contribution in [2.24, 2.45) is 0 Å². The molecule has 1 fully saturated rings. The van der Waals surface area contributed by atoms with Crippen molar-refractivity contribution in [2.75, 3.05) is 20.2 Å². The summed E-state index contributed by atoms with van der Waals surface area (Å²) >= 11 is 0. The molecule has 2 atom stereocenters. The van der Waals surface area contributed by atoms with Crippen LogP contribution in [0, 0.1) is 13.8 Å². The second-order valence-corrected chi connectivity index (χ2v) is 8.86. The van der Waals surface area contributed by atoms with Crippen LogP contribution in [0.2, 0.25) is 0 Å². The number of hydrogen-bond acceptors (Lipinski definition) is 4. The highest BCUT2D eigenvalue weighted by Gasteiger charge is 2.30. The highest BCUT2D eigenvalue weighted by atomic mass is 16.5. The predicted molar refractivity (Wildman–Crippen MR) is 131 cm³/mol. The Morgan fingerprint density at radius 3 is 2.67 bits per heavy atom. The van der Waals surface area contributed by atoms with Gasteiger partial charge in [0.15, 0.2) is 0 Å². The maximum Gasteiger partial charge on any atom is 0.251 e. The fourth-order valence-electron chi connectivity index (χ4n) is 4.99. The molecule has 0 bridgehead atoms. The van der Waals surface area contributed by atoms with Crippen LogP contribution in [0.25, 0.3) is 5.69 Å². The number of nitrogens with zero attached hydrogens (tertiary/aromatic N) is 3. The lowest BCUT2D eigenvalue weighted by atomic mass is 9.96. The number of carbonyl (C=O) groups is 1. The Morgan fingerprint density at radius 2 is 1.97 bits per heavy atom. The minimum Gasteiger partial charge on any atom is -0.496 e. The van der Waals surface area contributed by atoms with E-state index in [-0.39, 0.29) is 5.91 Å². The smallest absolute Gasteiger partial charge is 0.251 e. The van der Waals surface area contributed by atoms with Gasteiger partial charge in [0.25, 0.3) is 5.91 Å². The maximum atomic E-state index is 12.6. The number of aromatic nitrogens is 2. The summed E-state index contributed by atoms with van der Waals surface area (Å²) in [7, 11) is 1.73. The van der Waals surface area contributed by atoms with Gasteiger partial charge in [-0.1, -0.05) is 6.07 Å². The second-order valence-electron chi connectivity index (χ2n) is 8.86. The van der Waals surface area contributed by atoms with Crippen LogP contribution in [0.4, 0.5) is 0 Å². The number of carbonyl (C=O) groups excluding carboxylic acids is 1. The largest absolute Gasteiger partial charge is 0.496 e. The van der Waals surface area contributed by atoms with E-state index in [4.69, 9.17) is 4.74 Å². The number of ether oxygens (including phenoxy) is 1. The van der Waals surface area contributed by atoms with Crippen molar-refractivity contribution in [3.05, 3.63) is 77.1 Å². The Hall–Kier alpha value is -3.12. The molecule has 1 aliphatic heterocycles. The lowest BCUT2D eigenvalue weighted by Crippen LogP contribution is -2.36. The van der Waals surface area contributed by atoms with E-state index in [0.29, 0.717) is 24.2 Å². The molecule has 33 heavy (non-hydrogen) atoms. The number of amides is 1. The molecule has 4 rings (SSSR count). The third-order valence-corrected chi connectivity index (χ3v) is 7.03. The van der Waals surface area contributed by atoms with E-state index >= 15 is 0 Å². The van der Waals surface area contributed by atoms with Gasteiger partial charge in [-0.25, -0.2) is 4.68 Å². The van der Waals surface area contributed by atoms with Crippen LogP contribution in [0.3, 0.4) is 0 Å². The molecule has 3 aromatic rings. The summed E-state index contributed by atoms with van der Waals surface area (Å²) in [5, 5.41) is 7.33. The van der Waals surface area contributed by atoms with Crippen LogP contribution in [0.15, 0.2) is 54.9 Å². The summed E-state index contributed by atoms with van der Waals surface area (Å²) in [6, 6.07) is 14.5. The zero-order valence-electron chi connectivity index (χ0n) is 20.0. The van der Waals surface area contributed by atoms with Gasteiger partial charge in [-0.2, -0.15) is 5.10 Å². The SMILES string of the molecule is COc1ccc(C(C)N2CCCC2CCNC(=O)c2ccc(-n3cccn3)cc2)c(C)c1C. The maximum absolute atomic E-state index is 12.6. The molecule has 2 aromatic carbocycles. The fourth-order valence-corrected chi connectivity index (χ4v) is 4.99. The number of methoxy groups -OCH3 is 1. The molecule has 1 N–H and O–H groups in total. The summed E-state index contributed by atoms with van der Waals surface area (Å²) in [6.07, 6.45) is 6.96. The lowest BCUT2D eigenvalue weighted by molar-refractivity contribution is 0.0947. The molecule has 1 aromatic heterocycles. The van der Waals surface area contributed by atoms with Gasteiger partial charge >= 0.3 is 0 Å². The highest BCUT2D eigenvalue weighted by Crippen LogP contribution is 2.35. The fraction of sp³-hybridized carbons (Fsp3) is 0.407. The molecule has 1 saturated heterocycles. The quantitative estimate of drug-likeness (QED) is 0.538. The van der Waals surface area contributed by atoms with Crippen molar-refractivity contribution >= 4 is 5.91 Å². The van der Waals surface area contributed by atoms with E-state index in [2.05, 4.69) is 48.2 Å². The van der Waals surface area contributed by atoms with Gasteiger partial charge in [0.1, 0.15) is 5.75 Å². The molecule has 174 valence electrons. The molecule has 2 heterocycles. The van der Waals surface area contributed by atoms with Crippen LogP contribution in [-0.2, 0) is 0 Å². The molecule has 1 aliphatic rings. The third-order valence-electron chi connectivity index (χ3n) is 7.03. The van der Waals surface area contributed by atoms with E-state index in [1.54, 1.807) is 18.0 Å². The number of rotatable bonds is 8. The Bertz CT molecular complexity index is 1080. The molecule has 0 saturated carbocycles. The van der Waals surface area contributed by atoms with Gasteiger partial charge in [-0.05, 0) is 99.7 Å². The van der Waals surface area contributed by atoms with Gasteiger partial charge in [0.2, 0.25) is 0 Å². The summed E-state index contributed by atoms with van der Waals surface area (Å²) in [5.74, 6) is 0.919. The lowest BCUT2D eigenvalue weighted by Gasteiger charge is -2.32. The summed E-state index contributed by atoms with van der Waals surface area (Å²) in [5.41, 5.74) is 5.49. The molecule has 6 nitrogen and oxygen atoms in total. The van der Waals surface area contributed by atoms with E-state index in [1.165, 1.54) is 29.5 Å². The van der Waals surface area contributed by atoms with Crippen molar-refractivity contribution in [3.63, 3.8) is 0 Å². The van der Waals surface area contributed by atoms with Crippen LogP contribution in [0.5, 0.6) is 5.75 Å². The Kier molecular flexibility index (Phi) is 7.14. The normalized spacial score (nSPS) is 17.2. The topological polar surface area (TPSA) is 59.4 Å². The van der Waals surface area contributed by atoms with Crippen LogP contribution in [0.1, 0.15) is 59.3 Å². The van der Waals surface area contributed by atoms with E-state index < -0.39 is 0 Å². The van der Waals surface area contributed by atoms with E-state index in [1.807, 2.05) is 36.5 Å². The molecule has 0 aliphatic carbocycles. The first kappa shape index (κ1) is 23.1. The first-order chi connectivity index (χ1) is 16.0. The average Bonchev–Trinajstić information content (AvgIpc) is 3.53. The molecular formula is C27H34N4O2. The number of hydrogen-bond donors (Lipinski definition) is 1. The average molecular weight is 447 g/mol. The molecule has 6 heteroatoms. The minimum atomic E-state index is -0.0266.